The quantitative estimate of drug-likeness (QED) is 0.500. The second-order valence-corrected chi connectivity index (χ2v) is 8.73. The summed E-state index contributed by atoms with van der Waals surface area (Å²) in [5.74, 6) is 0.605. The van der Waals surface area contributed by atoms with Gasteiger partial charge in [0.15, 0.2) is 0 Å². The highest BCUT2D eigenvalue weighted by molar-refractivity contribution is 9.11. The van der Waals surface area contributed by atoms with E-state index in [0.717, 1.165) is 25.9 Å². The van der Waals surface area contributed by atoms with Crippen molar-refractivity contribution >= 4 is 49.2 Å². The van der Waals surface area contributed by atoms with Crippen LogP contribution in [0.5, 0.6) is 0 Å². The predicted octanol–water partition coefficient (Wildman–Crippen LogP) is 6.18. The molecule has 0 N–H and O–H groups in total. The highest BCUT2D eigenvalue weighted by atomic mass is 79.9. The summed E-state index contributed by atoms with van der Waals surface area (Å²) in [5.41, 5.74) is 2.61. The van der Waals surface area contributed by atoms with Crippen LogP contribution in [0, 0.1) is 5.41 Å². The van der Waals surface area contributed by atoms with E-state index in [1.54, 1.807) is 0 Å². The monoisotopic (exact) mass is 462 g/mol. The Balaban J connectivity index is 2.11. The molecule has 0 unspecified atom stereocenters. The number of aliphatic imine (C=N–C) groups is 2. The lowest BCUT2D eigenvalue weighted by atomic mass is 9.88. The van der Waals surface area contributed by atoms with Crippen molar-refractivity contribution in [2.75, 3.05) is 6.61 Å². The van der Waals surface area contributed by atoms with Crippen LogP contribution in [0.1, 0.15) is 26.3 Å². The average Bonchev–Trinajstić information content (AvgIpc) is 3.05. The zero-order chi connectivity index (χ0) is 18.0. The van der Waals surface area contributed by atoms with Crippen LogP contribution in [0.25, 0.3) is 0 Å². The Morgan fingerprint density at radius 1 is 1.04 bits per heavy atom. The van der Waals surface area contributed by atoms with E-state index in [1.807, 2.05) is 48.5 Å². The van der Waals surface area contributed by atoms with Crippen LogP contribution in [-0.4, -0.2) is 24.3 Å². The van der Waals surface area contributed by atoms with Gasteiger partial charge in [-0.1, -0.05) is 57.2 Å². The highest BCUT2D eigenvalue weighted by Crippen LogP contribution is 2.34. The van der Waals surface area contributed by atoms with Gasteiger partial charge in [0, 0.05) is 14.5 Å². The SMILES string of the molecule is CC(C)(C)[C@H]1COC(C(=Nc2c(Br)cccc2Br)c2ccccc2)=N1. The molecule has 0 amide bonds. The molecule has 0 saturated carbocycles. The summed E-state index contributed by atoms with van der Waals surface area (Å²) in [4.78, 5) is 9.72. The van der Waals surface area contributed by atoms with Gasteiger partial charge in [0.05, 0.1) is 11.7 Å². The lowest BCUT2D eigenvalue weighted by molar-refractivity contribution is 0.237. The van der Waals surface area contributed by atoms with Gasteiger partial charge >= 0.3 is 0 Å². The van der Waals surface area contributed by atoms with Crippen molar-refractivity contribution in [3.8, 4) is 0 Å². The molecule has 0 aromatic heterocycles. The molecule has 130 valence electrons. The minimum absolute atomic E-state index is 0.0530. The number of ether oxygens (including phenoxy) is 1. The zero-order valence-electron chi connectivity index (χ0n) is 14.5. The van der Waals surface area contributed by atoms with Crippen molar-refractivity contribution < 1.29 is 4.74 Å². The molecule has 2 aromatic carbocycles. The smallest absolute Gasteiger partial charge is 0.236 e. The summed E-state index contributed by atoms with van der Waals surface area (Å²) in [6.07, 6.45) is 0. The van der Waals surface area contributed by atoms with Gasteiger partial charge in [-0.25, -0.2) is 9.98 Å². The minimum Gasteiger partial charge on any atom is -0.474 e. The fourth-order valence-corrected chi connectivity index (χ4v) is 3.66. The lowest BCUT2D eigenvalue weighted by Gasteiger charge is -2.21. The van der Waals surface area contributed by atoms with E-state index in [1.165, 1.54) is 0 Å². The molecule has 1 heterocycles. The minimum atomic E-state index is 0.0530. The molecule has 0 fully saturated rings. The molecular weight excluding hydrogens is 444 g/mol. The van der Waals surface area contributed by atoms with Crippen LogP contribution in [0.4, 0.5) is 5.69 Å². The van der Waals surface area contributed by atoms with Gasteiger partial charge in [0.2, 0.25) is 5.90 Å². The van der Waals surface area contributed by atoms with Crippen LogP contribution in [0.2, 0.25) is 0 Å². The Morgan fingerprint density at radius 2 is 1.68 bits per heavy atom. The van der Waals surface area contributed by atoms with Gasteiger partial charge in [0.25, 0.3) is 0 Å². The topological polar surface area (TPSA) is 34.0 Å². The third-order valence-corrected chi connectivity index (χ3v) is 5.34. The Kier molecular flexibility index (Phi) is 5.44. The lowest BCUT2D eigenvalue weighted by Crippen LogP contribution is -2.25. The van der Waals surface area contributed by atoms with Crippen molar-refractivity contribution in [2.24, 2.45) is 15.4 Å². The number of nitrogens with zero attached hydrogens (tertiary/aromatic N) is 2. The predicted molar refractivity (Wildman–Crippen MR) is 111 cm³/mol. The van der Waals surface area contributed by atoms with Gasteiger partial charge in [0.1, 0.15) is 12.3 Å². The van der Waals surface area contributed by atoms with Crippen molar-refractivity contribution in [3.05, 3.63) is 63.0 Å². The third-order valence-electron chi connectivity index (χ3n) is 4.06. The molecule has 0 radical (unpaired) electrons. The third kappa shape index (κ3) is 4.21. The van der Waals surface area contributed by atoms with Gasteiger partial charge in [-0.05, 0) is 49.4 Å². The maximum absolute atomic E-state index is 5.95. The summed E-state index contributed by atoms with van der Waals surface area (Å²) >= 11 is 7.17. The Labute approximate surface area is 165 Å². The number of para-hydroxylation sites is 1. The summed E-state index contributed by atoms with van der Waals surface area (Å²) in [6, 6.07) is 16.1. The molecule has 25 heavy (non-hydrogen) atoms. The molecule has 0 bridgehead atoms. The molecule has 1 atom stereocenters. The van der Waals surface area contributed by atoms with E-state index in [9.17, 15) is 0 Å². The van der Waals surface area contributed by atoms with Crippen LogP contribution in [0.15, 0.2) is 67.5 Å². The zero-order valence-corrected chi connectivity index (χ0v) is 17.6. The summed E-state index contributed by atoms with van der Waals surface area (Å²) in [7, 11) is 0. The van der Waals surface area contributed by atoms with E-state index in [4.69, 9.17) is 14.7 Å². The van der Waals surface area contributed by atoms with E-state index in [0.29, 0.717) is 12.5 Å². The molecule has 1 aliphatic heterocycles. The standard InChI is InChI=1S/C20H20Br2N2O/c1-20(2,3)16-12-25-19(23-16)17(13-8-5-4-6-9-13)24-18-14(21)10-7-11-15(18)22/h4-11,16H,12H2,1-3H3/t16-/m1/s1. The summed E-state index contributed by atoms with van der Waals surface area (Å²) < 4.78 is 7.78. The molecule has 5 heteroatoms. The summed E-state index contributed by atoms with van der Waals surface area (Å²) in [6.45, 7) is 7.12. The van der Waals surface area contributed by atoms with E-state index in [2.05, 4.69) is 52.6 Å². The van der Waals surface area contributed by atoms with Crippen LogP contribution in [0.3, 0.4) is 0 Å². The van der Waals surface area contributed by atoms with E-state index in [-0.39, 0.29) is 11.5 Å². The normalized spacial score (nSPS) is 18.0. The number of hydrogen-bond donors (Lipinski definition) is 0. The van der Waals surface area contributed by atoms with Gasteiger partial charge in [-0.15, -0.1) is 0 Å². The first-order valence-corrected chi connectivity index (χ1v) is 9.74. The Hall–Kier alpha value is -1.46. The molecule has 1 aliphatic rings. The van der Waals surface area contributed by atoms with Crippen molar-refractivity contribution in [1.29, 1.82) is 0 Å². The molecule has 0 aliphatic carbocycles. The van der Waals surface area contributed by atoms with Crippen molar-refractivity contribution in [1.82, 2.24) is 0 Å². The molecule has 0 spiro atoms. The molecule has 3 rings (SSSR count). The summed E-state index contributed by atoms with van der Waals surface area (Å²) in [5, 5.41) is 0. The van der Waals surface area contributed by atoms with Gasteiger partial charge < -0.3 is 4.74 Å². The Bertz CT molecular complexity index is 803. The van der Waals surface area contributed by atoms with E-state index < -0.39 is 0 Å². The van der Waals surface area contributed by atoms with E-state index >= 15 is 0 Å². The largest absolute Gasteiger partial charge is 0.474 e. The first-order valence-electron chi connectivity index (χ1n) is 8.15. The molecule has 0 saturated heterocycles. The highest BCUT2D eigenvalue weighted by Gasteiger charge is 2.32. The molecule has 2 aromatic rings. The second kappa shape index (κ2) is 7.42. The molecular formula is C20H20Br2N2O. The fourth-order valence-electron chi connectivity index (χ4n) is 2.49. The fraction of sp³-hybridized carbons (Fsp3) is 0.300. The van der Waals surface area contributed by atoms with Gasteiger partial charge in [-0.2, -0.15) is 0 Å². The number of rotatable bonds is 3. The number of hydrogen-bond acceptors (Lipinski definition) is 3. The first-order chi connectivity index (χ1) is 11.9. The maximum Gasteiger partial charge on any atom is 0.236 e. The van der Waals surface area contributed by atoms with Gasteiger partial charge in [-0.3, -0.25) is 0 Å². The van der Waals surface area contributed by atoms with Crippen molar-refractivity contribution in [2.45, 2.75) is 26.8 Å². The molecule has 3 nitrogen and oxygen atoms in total. The number of benzene rings is 2. The number of halogens is 2. The van der Waals surface area contributed by atoms with Crippen LogP contribution >= 0.6 is 31.9 Å². The first kappa shape index (κ1) is 18.3. The van der Waals surface area contributed by atoms with Crippen molar-refractivity contribution in [3.63, 3.8) is 0 Å². The Morgan fingerprint density at radius 3 is 2.24 bits per heavy atom. The van der Waals surface area contributed by atoms with Crippen LogP contribution < -0.4 is 0 Å². The maximum atomic E-state index is 5.95. The second-order valence-electron chi connectivity index (χ2n) is 7.02. The van der Waals surface area contributed by atoms with Crippen LogP contribution in [-0.2, 0) is 4.74 Å². The average molecular weight is 464 g/mol.